The van der Waals surface area contributed by atoms with Gasteiger partial charge in [0.15, 0.2) is 0 Å². The summed E-state index contributed by atoms with van der Waals surface area (Å²) in [5.41, 5.74) is 2.11. The number of rotatable bonds is 4. The van der Waals surface area contributed by atoms with E-state index >= 15 is 0 Å². The molecule has 1 fully saturated rings. The molecule has 0 atom stereocenters. The minimum Gasteiger partial charge on any atom is -0.207 e. The smallest absolute Gasteiger partial charge is 0.207 e. The summed E-state index contributed by atoms with van der Waals surface area (Å²) < 4.78 is 68.1. The lowest BCUT2D eigenvalue weighted by atomic mass is 10.2. The van der Waals surface area contributed by atoms with Gasteiger partial charge in [-0.05, 0) is 55.7 Å². The predicted octanol–water partition coefficient (Wildman–Crippen LogP) is 2.45. The molecule has 1 saturated heterocycles. The SMILES string of the molecule is Cc1ccc(C)c(S(=O)(=O)N2CCN(S(=O)(=O)c3cc(C)ccc3F)CC2)c1. The molecule has 2 aromatic carbocycles. The van der Waals surface area contributed by atoms with E-state index in [2.05, 4.69) is 0 Å². The predicted molar refractivity (Wildman–Crippen MR) is 105 cm³/mol. The minimum atomic E-state index is -4.03. The summed E-state index contributed by atoms with van der Waals surface area (Å²) >= 11 is 0. The maximum atomic E-state index is 14.1. The summed E-state index contributed by atoms with van der Waals surface area (Å²) in [4.78, 5) is -0.146. The van der Waals surface area contributed by atoms with Gasteiger partial charge in [0.1, 0.15) is 10.7 Å². The molecule has 0 aliphatic carbocycles. The van der Waals surface area contributed by atoms with Crippen molar-refractivity contribution in [1.29, 1.82) is 0 Å². The number of nitrogens with zero attached hydrogens (tertiary/aromatic N) is 2. The van der Waals surface area contributed by atoms with E-state index in [0.29, 0.717) is 11.1 Å². The molecule has 1 aliphatic heterocycles. The molecule has 1 heterocycles. The Labute approximate surface area is 165 Å². The minimum absolute atomic E-state index is 0.0163. The van der Waals surface area contributed by atoms with E-state index in [9.17, 15) is 21.2 Å². The molecule has 1 aliphatic rings. The Morgan fingerprint density at radius 3 is 1.68 bits per heavy atom. The maximum absolute atomic E-state index is 14.1. The summed E-state index contributed by atoms with van der Waals surface area (Å²) in [5, 5.41) is 0. The van der Waals surface area contributed by atoms with Crippen LogP contribution in [0.15, 0.2) is 46.2 Å². The Hall–Kier alpha value is -1.81. The summed E-state index contributed by atoms with van der Waals surface area (Å²) in [6.45, 7) is 5.21. The number of benzene rings is 2. The van der Waals surface area contributed by atoms with Gasteiger partial charge in [0.05, 0.1) is 4.90 Å². The topological polar surface area (TPSA) is 74.8 Å². The van der Waals surface area contributed by atoms with Crippen LogP contribution in [0.1, 0.15) is 16.7 Å². The van der Waals surface area contributed by atoms with Crippen LogP contribution < -0.4 is 0 Å². The van der Waals surface area contributed by atoms with Gasteiger partial charge < -0.3 is 0 Å². The van der Waals surface area contributed by atoms with Crippen LogP contribution in [0.4, 0.5) is 4.39 Å². The van der Waals surface area contributed by atoms with Crippen LogP contribution in [0.25, 0.3) is 0 Å². The number of sulfonamides is 2. The van der Waals surface area contributed by atoms with Gasteiger partial charge in [0.25, 0.3) is 0 Å². The monoisotopic (exact) mass is 426 g/mol. The van der Waals surface area contributed by atoms with Crippen molar-refractivity contribution < 1.29 is 21.2 Å². The van der Waals surface area contributed by atoms with Crippen LogP contribution in [0.5, 0.6) is 0 Å². The molecular formula is C19H23FN2O4S2. The van der Waals surface area contributed by atoms with Gasteiger partial charge in [-0.2, -0.15) is 8.61 Å². The molecule has 152 valence electrons. The molecule has 0 aromatic heterocycles. The van der Waals surface area contributed by atoms with Gasteiger partial charge >= 0.3 is 0 Å². The first-order valence-electron chi connectivity index (χ1n) is 8.87. The van der Waals surface area contributed by atoms with Crippen LogP contribution in [0.2, 0.25) is 0 Å². The van der Waals surface area contributed by atoms with Crippen molar-refractivity contribution in [2.24, 2.45) is 0 Å². The highest BCUT2D eigenvalue weighted by atomic mass is 32.2. The standard InChI is InChI=1S/C19H23FN2O4S2/c1-14-4-6-16(3)18(12-14)27(23,24)21-8-10-22(11-9-21)28(25,26)19-13-15(2)5-7-17(19)20/h4-7,12-13H,8-11H2,1-3H3. The lowest BCUT2D eigenvalue weighted by Crippen LogP contribution is -2.50. The molecule has 0 radical (unpaired) electrons. The molecule has 9 heteroatoms. The Kier molecular flexibility index (Phi) is 5.64. The highest BCUT2D eigenvalue weighted by Gasteiger charge is 2.35. The molecule has 2 aromatic rings. The maximum Gasteiger partial charge on any atom is 0.246 e. The fourth-order valence-electron chi connectivity index (χ4n) is 3.22. The highest BCUT2D eigenvalue weighted by Crippen LogP contribution is 2.25. The number of piperazine rings is 1. The largest absolute Gasteiger partial charge is 0.246 e. The first kappa shape index (κ1) is 20.9. The lowest BCUT2D eigenvalue weighted by Gasteiger charge is -2.33. The highest BCUT2D eigenvalue weighted by molar-refractivity contribution is 7.89. The molecule has 0 saturated carbocycles. The fourth-order valence-corrected chi connectivity index (χ4v) is 6.53. The molecule has 6 nitrogen and oxygen atoms in total. The third-order valence-corrected chi connectivity index (χ3v) is 8.82. The third-order valence-electron chi connectivity index (χ3n) is 4.86. The van der Waals surface area contributed by atoms with Crippen LogP contribution in [0, 0.1) is 26.6 Å². The Morgan fingerprint density at radius 1 is 0.714 bits per heavy atom. The quantitative estimate of drug-likeness (QED) is 0.753. The van der Waals surface area contributed by atoms with Crippen molar-refractivity contribution in [2.45, 2.75) is 30.6 Å². The van der Waals surface area contributed by atoms with Gasteiger partial charge in [0.2, 0.25) is 20.0 Å². The summed E-state index contributed by atoms with van der Waals surface area (Å²) in [7, 11) is -7.75. The summed E-state index contributed by atoms with van der Waals surface area (Å²) in [5.74, 6) is -0.809. The molecule has 3 rings (SSSR count). The first-order chi connectivity index (χ1) is 13.0. The van der Waals surface area contributed by atoms with E-state index in [1.165, 1.54) is 16.4 Å². The van der Waals surface area contributed by atoms with Gasteiger partial charge in [-0.3, -0.25) is 0 Å². The van der Waals surface area contributed by atoms with E-state index in [1.54, 1.807) is 26.0 Å². The molecule has 0 N–H and O–H groups in total. The van der Waals surface area contributed by atoms with Gasteiger partial charge in [0, 0.05) is 26.2 Å². The number of aryl methyl sites for hydroxylation is 3. The Morgan fingerprint density at radius 2 is 1.14 bits per heavy atom. The van der Waals surface area contributed by atoms with Crippen molar-refractivity contribution in [2.75, 3.05) is 26.2 Å². The molecule has 28 heavy (non-hydrogen) atoms. The summed E-state index contributed by atoms with van der Waals surface area (Å²) in [6.07, 6.45) is 0. The number of halogens is 1. The molecular weight excluding hydrogens is 403 g/mol. The molecule has 0 unspecified atom stereocenters. The van der Waals surface area contributed by atoms with Crippen LogP contribution in [-0.2, 0) is 20.0 Å². The van der Waals surface area contributed by atoms with E-state index in [0.717, 1.165) is 15.9 Å². The van der Waals surface area contributed by atoms with Crippen molar-refractivity contribution >= 4 is 20.0 Å². The zero-order valence-electron chi connectivity index (χ0n) is 16.0. The van der Waals surface area contributed by atoms with Crippen molar-refractivity contribution in [1.82, 2.24) is 8.61 Å². The fraction of sp³-hybridized carbons (Fsp3) is 0.368. The summed E-state index contributed by atoms with van der Waals surface area (Å²) in [6, 6.07) is 9.14. The van der Waals surface area contributed by atoms with E-state index in [1.807, 2.05) is 13.0 Å². The van der Waals surface area contributed by atoms with Crippen molar-refractivity contribution in [3.8, 4) is 0 Å². The van der Waals surface area contributed by atoms with Gasteiger partial charge in [-0.15, -0.1) is 0 Å². The second-order valence-electron chi connectivity index (χ2n) is 7.01. The van der Waals surface area contributed by atoms with E-state index in [-0.39, 0.29) is 36.0 Å². The van der Waals surface area contributed by atoms with Crippen molar-refractivity contribution in [3.05, 3.63) is 58.9 Å². The molecule has 0 spiro atoms. The first-order valence-corrected chi connectivity index (χ1v) is 11.8. The van der Waals surface area contributed by atoms with Crippen molar-refractivity contribution in [3.63, 3.8) is 0 Å². The molecule has 0 amide bonds. The average Bonchev–Trinajstić information content (AvgIpc) is 2.65. The van der Waals surface area contributed by atoms with Gasteiger partial charge in [-0.25, -0.2) is 21.2 Å². The van der Waals surface area contributed by atoms with E-state index < -0.39 is 25.9 Å². The molecule has 0 bridgehead atoms. The average molecular weight is 427 g/mol. The van der Waals surface area contributed by atoms with E-state index in [4.69, 9.17) is 0 Å². The zero-order chi connectivity index (χ0) is 20.7. The second-order valence-corrected chi connectivity index (χ2v) is 10.8. The second kappa shape index (κ2) is 7.55. The number of hydrogen-bond donors (Lipinski definition) is 0. The Balaban J connectivity index is 1.82. The van der Waals surface area contributed by atoms with Gasteiger partial charge in [-0.1, -0.05) is 18.2 Å². The Bertz CT molecular complexity index is 1020. The normalized spacial score (nSPS) is 17.0. The van der Waals surface area contributed by atoms with Crippen LogP contribution in [0.3, 0.4) is 0 Å². The number of hydrogen-bond acceptors (Lipinski definition) is 4. The van der Waals surface area contributed by atoms with Crippen LogP contribution in [-0.4, -0.2) is 51.6 Å². The third kappa shape index (κ3) is 3.84. The zero-order valence-corrected chi connectivity index (χ0v) is 17.6. The van der Waals surface area contributed by atoms with Crippen LogP contribution >= 0.6 is 0 Å². The lowest BCUT2D eigenvalue weighted by molar-refractivity contribution is 0.272.